The van der Waals surface area contributed by atoms with Crippen LogP contribution >= 0.6 is 0 Å². The van der Waals surface area contributed by atoms with Gasteiger partial charge in [-0.15, -0.1) is 0 Å². The van der Waals surface area contributed by atoms with Crippen LogP contribution in [-0.4, -0.2) is 130 Å². The number of carbonyl (C=O) groups is 3. The zero-order valence-electron chi connectivity index (χ0n) is 31.1. The Balaban J connectivity index is 0.769. The Morgan fingerprint density at radius 3 is 2.15 bits per heavy atom. The average Bonchev–Trinajstić information content (AvgIpc) is 3.49. The number of rotatable bonds is 9. The summed E-state index contributed by atoms with van der Waals surface area (Å²) in [5.74, 6) is -0.393. The molecule has 4 saturated heterocycles. The summed E-state index contributed by atoms with van der Waals surface area (Å²) in [5.41, 5.74) is 2.05. The van der Waals surface area contributed by atoms with Crippen LogP contribution < -0.4 is 5.56 Å². The van der Waals surface area contributed by atoms with E-state index in [1.807, 2.05) is 52.3 Å². The van der Waals surface area contributed by atoms with Crippen LogP contribution in [0.15, 0.2) is 77.6 Å². The number of nitrogens with zero attached hydrogens (tertiary/aromatic N) is 6. The summed E-state index contributed by atoms with van der Waals surface area (Å²) in [4.78, 5) is 62.2. The topological polar surface area (TPSA) is 122 Å². The molecule has 3 aromatic carbocycles. The second-order valence-corrected chi connectivity index (χ2v) is 15.5. The Bertz CT molecular complexity index is 2070. The number of halogens is 1. The molecule has 13 heteroatoms. The Morgan fingerprint density at radius 2 is 1.42 bits per heavy atom. The molecule has 55 heavy (non-hydrogen) atoms. The van der Waals surface area contributed by atoms with Crippen LogP contribution in [-0.2, 0) is 22.6 Å². The summed E-state index contributed by atoms with van der Waals surface area (Å²) >= 11 is 0. The van der Waals surface area contributed by atoms with Crippen molar-refractivity contribution in [2.45, 2.75) is 50.8 Å². The Morgan fingerprint density at radius 1 is 0.764 bits per heavy atom. The van der Waals surface area contributed by atoms with Gasteiger partial charge in [0.25, 0.3) is 11.5 Å². The smallest absolute Gasteiger partial charge is 0.410 e. The van der Waals surface area contributed by atoms with Crippen molar-refractivity contribution in [3.8, 4) is 0 Å². The van der Waals surface area contributed by atoms with E-state index in [0.717, 1.165) is 64.0 Å². The molecular weight excluding hydrogens is 702 g/mol. The number of aromatic amines is 1. The molecule has 4 fully saturated rings. The van der Waals surface area contributed by atoms with Gasteiger partial charge in [0.1, 0.15) is 12.4 Å². The fourth-order valence-corrected chi connectivity index (χ4v) is 8.99. The van der Waals surface area contributed by atoms with Crippen molar-refractivity contribution < 1.29 is 23.5 Å². The second kappa shape index (κ2) is 16.3. The molecule has 8 rings (SSSR count). The number of hydrogen-bond donors (Lipinski definition) is 1. The Kier molecular flexibility index (Phi) is 10.9. The third kappa shape index (κ3) is 8.28. The van der Waals surface area contributed by atoms with Gasteiger partial charge in [0.2, 0.25) is 5.91 Å². The Labute approximate surface area is 319 Å². The molecule has 1 N–H and O–H groups in total. The van der Waals surface area contributed by atoms with E-state index in [4.69, 9.17) is 4.74 Å². The summed E-state index contributed by atoms with van der Waals surface area (Å²) in [6.07, 6.45) is 4.23. The summed E-state index contributed by atoms with van der Waals surface area (Å²) in [6.45, 7) is 6.59. The first-order valence-electron chi connectivity index (χ1n) is 19.5. The molecule has 4 aliphatic heterocycles. The van der Waals surface area contributed by atoms with Crippen LogP contribution in [0.2, 0.25) is 0 Å². The number of hydrogen-bond acceptors (Lipinski definition) is 8. The fourth-order valence-electron chi connectivity index (χ4n) is 8.99. The number of ether oxygens (including phenoxy) is 1. The normalized spacial score (nSPS) is 21.9. The molecular formula is C42H48FN7O5. The molecule has 2 bridgehead atoms. The summed E-state index contributed by atoms with van der Waals surface area (Å²) in [5, 5.41) is 7.99. The molecule has 4 aliphatic rings. The quantitative estimate of drug-likeness (QED) is 0.271. The maximum absolute atomic E-state index is 15.0. The van der Waals surface area contributed by atoms with E-state index in [2.05, 4.69) is 20.0 Å². The summed E-state index contributed by atoms with van der Waals surface area (Å²) in [6, 6.07) is 22.0. The van der Waals surface area contributed by atoms with E-state index in [9.17, 15) is 23.6 Å². The van der Waals surface area contributed by atoms with Gasteiger partial charge in [0, 0.05) is 82.8 Å². The molecule has 5 heterocycles. The highest BCUT2D eigenvalue weighted by molar-refractivity contribution is 5.95. The molecule has 288 valence electrons. The molecule has 12 nitrogen and oxygen atoms in total. The first-order valence-corrected chi connectivity index (χ1v) is 19.5. The molecule has 4 aromatic rings. The lowest BCUT2D eigenvalue weighted by Crippen LogP contribution is -2.55. The minimum absolute atomic E-state index is 0.0107. The van der Waals surface area contributed by atoms with E-state index in [-0.39, 0.29) is 35.2 Å². The maximum atomic E-state index is 15.0. The van der Waals surface area contributed by atoms with Crippen LogP contribution in [0.4, 0.5) is 9.18 Å². The molecule has 0 aliphatic carbocycles. The van der Waals surface area contributed by atoms with Crippen molar-refractivity contribution in [1.29, 1.82) is 0 Å². The summed E-state index contributed by atoms with van der Waals surface area (Å²) in [7, 11) is 0. The van der Waals surface area contributed by atoms with Crippen molar-refractivity contribution in [3.63, 3.8) is 0 Å². The van der Waals surface area contributed by atoms with Gasteiger partial charge >= 0.3 is 6.09 Å². The number of fused-ring (bicyclic) bond motifs is 3. The van der Waals surface area contributed by atoms with Gasteiger partial charge in [0.05, 0.1) is 23.2 Å². The van der Waals surface area contributed by atoms with Crippen LogP contribution in [0.1, 0.15) is 52.9 Å². The van der Waals surface area contributed by atoms with Gasteiger partial charge in [0.15, 0.2) is 0 Å². The third-order valence-corrected chi connectivity index (χ3v) is 11.9. The highest BCUT2D eigenvalue weighted by Crippen LogP contribution is 2.39. The van der Waals surface area contributed by atoms with E-state index < -0.39 is 11.7 Å². The lowest BCUT2D eigenvalue weighted by atomic mass is 9.90. The van der Waals surface area contributed by atoms with Crippen molar-refractivity contribution >= 4 is 28.7 Å². The number of piperidine rings is 1. The third-order valence-electron chi connectivity index (χ3n) is 11.9. The van der Waals surface area contributed by atoms with Crippen molar-refractivity contribution in [2.24, 2.45) is 5.92 Å². The second-order valence-electron chi connectivity index (χ2n) is 15.5. The molecule has 2 unspecified atom stereocenters. The van der Waals surface area contributed by atoms with Crippen LogP contribution in [0.5, 0.6) is 0 Å². The van der Waals surface area contributed by atoms with E-state index in [1.165, 1.54) is 6.07 Å². The van der Waals surface area contributed by atoms with E-state index >= 15 is 0 Å². The number of benzene rings is 3. The van der Waals surface area contributed by atoms with Crippen LogP contribution in [0, 0.1) is 11.7 Å². The first kappa shape index (κ1) is 36.8. The predicted molar refractivity (Wildman–Crippen MR) is 205 cm³/mol. The number of aromatic nitrogens is 2. The number of nitrogens with one attached hydrogen (secondary N) is 1. The number of piperazine rings is 2. The standard InChI is InChI=1S/C42H48FN7O5/c43-37-13-10-30(25-38-34-8-4-5-9-35(34)40(52)45-44-38)24-36(37)41(53)49-20-18-48(19-21-49)39(51)27-47-16-14-46(15-17-47)26-31-22-32-11-12-33(23-31)50(32)42(54)55-28-29-6-2-1-3-7-29/h1-10,13,24,31-33H,11-12,14-23,25-28H2,(H,45,52). The maximum Gasteiger partial charge on any atom is 0.410 e. The Hall–Kier alpha value is -5.14. The number of amides is 3. The van der Waals surface area contributed by atoms with Crippen LogP contribution in [0.3, 0.4) is 0 Å². The molecule has 0 saturated carbocycles. The molecule has 0 spiro atoms. The van der Waals surface area contributed by atoms with Gasteiger partial charge in [-0.2, -0.15) is 5.10 Å². The number of carbonyl (C=O) groups excluding carboxylic acids is 3. The lowest BCUT2D eigenvalue weighted by Gasteiger charge is -2.42. The van der Waals surface area contributed by atoms with Gasteiger partial charge in [-0.05, 0) is 60.9 Å². The van der Waals surface area contributed by atoms with Crippen molar-refractivity contribution in [2.75, 3.05) is 65.4 Å². The van der Waals surface area contributed by atoms with E-state index in [0.29, 0.717) is 73.7 Å². The van der Waals surface area contributed by atoms with Crippen molar-refractivity contribution in [1.82, 2.24) is 34.7 Å². The molecule has 2 atom stereocenters. The summed E-state index contributed by atoms with van der Waals surface area (Å²) < 4.78 is 20.7. The van der Waals surface area contributed by atoms with Crippen molar-refractivity contribution in [3.05, 3.63) is 111 Å². The average molecular weight is 750 g/mol. The zero-order valence-corrected chi connectivity index (χ0v) is 31.1. The SMILES string of the molecule is O=C(CN1CCN(CC2CC3CCC(C2)N3C(=O)OCc2ccccc2)CC1)N1CCN(C(=O)c2cc(Cc3n[nH]c(=O)c4ccccc34)ccc2F)CC1. The van der Waals surface area contributed by atoms with Crippen LogP contribution in [0.25, 0.3) is 10.8 Å². The molecule has 0 radical (unpaired) electrons. The lowest BCUT2D eigenvalue weighted by molar-refractivity contribution is -0.134. The van der Waals surface area contributed by atoms with Gasteiger partial charge in [-0.1, -0.05) is 54.6 Å². The predicted octanol–water partition coefficient (Wildman–Crippen LogP) is 4.13. The number of H-pyrrole nitrogens is 1. The minimum Gasteiger partial charge on any atom is -0.445 e. The molecule has 1 aromatic heterocycles. The fraction of sp³-hybridized carbons (Fsp3) is 0.452. The van der Waals surface area contributed by atoms with E-state index in [1.54, 1.807) is 29.2 Å². The zero-order chi connectivity index (χ0) is 37.9. The largest absolute Gasteiger partial charge is 0.445 e. The highest BCUT2D eigenvalue weighted by Gasteiger charge is 2.44. The monoisotopic (exact) mass is 749 g/mol. The van der Waals surface area contributed by atoms with Gasteiger partial charge in [-0.25, -0.2) is 14.3 Å². The highest BCUT2D eigenvalue weighted by atomic mass is 19.1. The molecule has 3 amide bonds. The van der Waals surface area contributed by atoms with Gasteiger partial charge < -0.3 is 24.3 Å². The van der Waals surface area contributed by atoms with Gasteiger partial charge in [-0.3, -0.25) is 19.3 Å². The first-order chi connectivity index (χ1) is 26.8. The minimum atomic E-state index is -0.595.